The van der Waals surface area contributed by atoms with Crippen LogP contribution in [-0.2, 0) is 6.42 Å². The quantitative estimate of drug-likeness (QED) is 0.274. The fraction of sp³-hybridized carbons (Fsp3) is 0.0625. The number of aromatic hydroxyl groups is 2. The zero-order valence-electron chi connectivity index (χ0n) is 13.2. The number of hydrogen-bond donors (Lipinski definition) is 3. The van der Waals surface area contributed by atoms with Crippen molar-refractivity contribution < 1.29 is 15.1 Å². The number of nitro benzene ring substituents is 1. The van der Waals surface area contributed by atoms with E-state index in [0.717, 1.165) is 17.7 Å². The molecule has 3 aromatic rings. The summed E-state index contributed by atoms with van der Waals surface area (Å²) in [6, 6.07) is 11.5. The molecule has 0 fully saturated rings. The first kappa shape index (κ1) is 17.3. The van der Waals surface area contributed by atoms with Crippen LogP contribution in [0.3, 0.4) is 0 Å². The SMILES string of the molecule is O=[N+]([O-])c1cc(/C=N\n2c(Cc3ccccc3)n[nH]c2=S)c(O)cc1O. The van der Waals surface area contributed by atoms with Gasteiger partial charge in [0.15, 0.2) is 11.6 Å². The van der Waals surface area contributed by atoms with Crippen LogP contribution in [0.1, 0.15) is 17.0 Å². The molecule has 132 valence electrons. The van der Waals surface area contributed by atoms with Crippen LogP contribution in [-0.4, -0.2) is 36.2 Å². The third-order valence-corrected chi connectivity index (χ3v) is 3.82. The third-order valence-electron chi connectivity index (χ3n) is 3.56. The van der Waals surface area contributed by atoms with E-state index in [1.54, 1.807) is 0 Å². The number of aromatic nitrogens is 3. The molecular formula is C16H13N5O4S. The number of rotatable bonds is 5. The summed E-state index contributed by atoms with van der Waals surface area (Å²) in [6.45, 7) is 0. The Kier molecular flexibility index (Phi) is 4.76. The van der Waals surface area contributed by atoms with Crippen LogP contribution in [0.2, 0.25) is 0 Å². The molecule has 0 aliphatic carbocycles. The molecule has 0 spiro atoms. The fourth-order valence-electron chi connectivity index (χ4n) is 2.29. The Morgan fingerprint density at radius 3 is 2.69 bits per heavy atom. The highest BCUT2D eigenvalue weighted by molar-refractivity contribution is 7.71. The van der Waals surface area contributed by atoms with Crippen LogP contribution < -0.4 is 0 Å². The molecule has 9 nitrogen and oxygen atoms in total. The summed E-state index contributed by atoms with van der Waals surface area (Å²) < 4.78 is 1.60. The Morgan fingerprint density at radius 2 is 2.00 bits per heavy atom. The lowest BCUT2D eigenvalue weighted by Gasteiger charge is -2.03. The van der Waals surface area contributed by atoms with E-state index >= 15 is 0 Å². The van der Waals surface area contributed by atoms with Gasteiger partial charge >= 0.3 is 5.69 Å². The second-order valence-electron chi connectivity index (χ2n) is 5.32. The van der Waals surface area contributed by atoms with Crippen molar-refractivity contribution in [3.8, 4) is 11.5 Å². The highest BCUT2D eigenvalue weighted by Gasteiger charge is 2.17. The molecule has 0 bridgehead atoms. The predicted molar refractivity (Wildman–Crippen MR) is 96.1 cm³/mol. The molecule has 2 aromatic carbocycles. The van der Waals surface area contributed by atoms with Gasteiger partial charge in [-0.1, -0.05) is 30.3 Å². The van der Waals surface area contributed by atoms with Crippen LogP contribution in [0, 0.1) is 14.9 Å². The molecule has 3 N–H and O–H groups in total. The number of benzene rings is 2. The molecule has 0 saturated heterocycles. The van der Waals surface area contributed by atoms with Gasteiger partial charge in [-0.25, -0.2) is 0 Å². The van der Waals surface area contributed by atoms with E-state index in [0.29, 0.717) is 12.2 Å². The van der Waals surface area contributed by atoms with Crippen LogP contribution in [0.15, 0.2) is 47.6 Å². The fourth-order valence-corrected chi connectivity index (χ4v) is 2.49. The first-order chi connectivity index (χ1) is 12.5. The Labute approximate surface area is 152 Å². The summed E-state index contributed by atoms with van der Waals surface area (Å²) in [7, 11) is 0. The second kappa shape index (κ2) is 7.15. The van der Waals surface area contributed by atoms with E-state index in [9.17, 15) is 20.3 Å². The van der Waals surface area contributed by atoms with Gasteiger partial charge in [0.25, 0.3) is 0 Å². The second-order valence-corrected chi connectivity index (χ2v) is 5.71. The number of aromatic amines is 1. The number of phenolic OH excluding ortho intramolecular Hbond substituents is 2. The zero-order valence-corrected chi connectivity index (χ0v) is 14.1. The van der Waals surface area contributed by atoms with E-state index in [1.807, 2.05) is 30.3 Å². The molecular weight excluding hydrogens is 358 g/mol. The van der Waals surface area contributed by atoms with Gasteiger partial charge in [0.2, 0.25) is 4.77 Å². The van der Waals surface area contributed by atoms with E-state index in [-0.39, 0.29) is 16.1 Å². The number of nitro groups is 1. The molecule has 0 aliphatic rings. The Bertz CT molecular complexity index is 1040. The van der Waals surface area contributed by atoms with E-state index in [2.05, 4.69) is 15.3 Å². The van der Waals surface area contributed by atoms with Gasteiger partial charge in [0.05, 0.1) is 11.1 Å². The number of hydrogen-bond acceptors (Lipinski definition) is 7. The Morgan fingerprint density at radius 1 is 1.27 bits per heavy atom. The summed E-state index contributed by atoms with van der Waals surface area (Å²) in [6.07, 6.45) is 1.68. The van der Waals surface area contributed by atoms with Crippen LogP contribution in [0.5, 0.6) is 11.5 Å². The largest absolute Gasteiger partial charge is 0.507 e. The smallest absolute Gasteiger partial charge is 0.311 e. The van der Waals surface area contributed by atoms with Crippen molar-refractivity contribution in [1.29, 1.82) is 0 Å². The van der Waals surface area contributed by atoms with Crippen molar-refractivity contribution >= 4 is 24.1 Å². The van der Waals surface area contributed by atoms with Gasteiger partial charge in [-0.2, -0.15) is 14.9 Å². The van der Waals surface area contributed by atoms with Gasteiger partial charge < -0.3 is 10.2 Å². The molecule has 0 aliphatic heterocycles. The molecule has 1 aromatic heterocycles. The monoisotopic (exact) mass is 371 g/mol. The van der Waals surface area contributed by atoms with E-state index < -0.39 is 16.4 Å². The average Bonchev–Trinajstić information content (AvgIpc) is 2.94. The highest BCUT2D eigenvalue weighted by Crippen LogP contribution is 2.32. The summed E-state index contributed by atoms with van der Waals surface area (Å²) in [5, 5.41) is 41.2. The normalized spacial score (nSPS) is 11.1. The molecule has 0 unspecified atom stereocenters. The Balaban J connectivity index is 1.95. The van der Waals surface area contributed by atoms with Crippen molar-refractivity contribution in [1.82, 2.24) is 14.9 Å². The summed E-state index contributed by atoms with van der Waals surface area (Å²) in [5.74, 6) is -0.448. The molecule has 0 radical (unpaired) electrons. The summed E-state index contributed by atoms with van der Waals surface area (Å²) >= 11 is 5.15. The first-order valence-electron chi connectivity index (χ1n) is 7.40. The number of phenols is 2. The lowest BCUT2D eigenvalue weighted by atomic mass is 10.1. The topological polar surface area (TPSA) is 130 Å². The maximum Gasteiger partial charge on any atom is 0.311 e. The number of nitrogens with zero attached hydrogens (tertiary/aromatic N) is 4. The van der Waals surface area contributed by atoms with Crippen molar-refractivity contribution in [3.63, 3.8) is 0 Å². The molecule has 10 heteroatoms. The minimum Gasteiger partial charge on any atom is -0.507 e. The molecule has 0 amide bonds. The van der Waals surface area contributed by atoms with Crippen LogP contribution in [0.4, 0.5) is 5.69 Å². The van der Waals surface area contributed by atoms with Crippen LogP contribution >= 0.6 is 12.2 Å². The molecule has 3 rings (SSSR count). The summed E-state index contributed by atoms with van der Waals surface area (Å²) in [5.41, 5.74) is 0.522. The lowest BCUT2D eigenvalue weighted by molar-refractivity contribution is -0.385. The molecule has 0 atom stereocenters. The lowest BCUT2D eigenvalue weighted by Crippen LogP contribution is -2.00. The van der Waals surface area contributed by atoms with Crippen molar-refractivity contribution in [2.75, 3.05) is 0 Å². The zero-order chi connectivity index (χ0) is 18.7. The van der Waals surface area contributed by atoms with Crippen molar-refractivity contribution in [2.45, 2.75) is 6.42 Å². The minimum absolute atomic E-state index is 0.0586. The first-order valence-corrected chi connectivity index (χ1v) is 7.81. The minimum atomic E-state index is -0.754. The predicted octanol–water partition coefficient (Wildman–Crippen LogP) is 2.73. The third kappa shape index (κ3) is 3.59. The van der Waals surface area contributed by atoms with Gasteiger partial charge in [-0.05, 0) is 17.8 Å². The highest BCUT2D eigenvalue weighted by atomic mass is 32.1. The molecule has 1 heterocycles. The van der Waals surface area contributed by atoms with Gasteiger partial charge in [-0.3, -0.25) is 15.2 Å². The van der Waals surface area contributed by atoms with E-state index in [4.69, 9.17) is 12.2 Å². The standard InChI is InChI=1S/C16H13N5O4S/c22-13-8-14(23)12(21(24)25)7-11(13)9-17-20-15(18-19-16(20)26)6-10-4-2-1-3-5-10/h1-5,7-9,22-23H,6H2,(H,19,26)/b17-9-. The average molecular weight is 371 g/mol. The van der Waals surface area contributed by atoms with Gasteiger partial charge in [0.1, 0.15) is 5.75 Å². The molecule has 0 saturated carbocycles. The molecule has 26 heavy (non-hydrogen) atoms. The van der Waals surface area contributed by atoms with E-state index in [1.165, 1.54) is 10.9 Å². The maximum atomic E-state index is 10.9. The maximum absolute atomic E-state index is 10.9. The van der Waals surface area contributed by atoms with Gasteiger partial charge in [0, 0.05) is 24.1 Å². The van der Waals surface area contributed by atoms with Crippen molar-refractivity contribution in [3.05, 3.63) is 74.3 Å². The Hall–Kier alpha value is -3.53. The van der Waals surface area contributed by atoms with Gasteiger partial charge in [-0.15, -0.1) is 0 Å². The summed E-state index contributed by atoms with van der Waals surface area (Å²) in [4.78, 5) is 10.2. The number of nitrogens with one attached hydrogen (secondary N) is 1. The van der Waals surface area contributed by atoms with Crippen LogP contribution in [0.25, 0.3) is 0 Å². The van der Waals surface area contributed by atoms with Crippen molar-refractivity contribution in [2.24, 2.45) is 5.10 Å². The number of H-pyrrole nitrogens is 1.